The zero-order chi connectivity index (χ0) is 29.5. The Hall–Kier alpha value is -1.83. The van der Waals surface area contributed by atoms with E-state index in [1.165, 1.54) is 72.1 Å². The number of benzene rings is 4. The number of hydrogen-bond acceptors (Lipinski definition) is 0. The van der Waals surface area contributed by atoms with Gasteiger partial charge in [-0.1, -0.05) is 105 Å². The molecule has 0 N–H and O–H groups in total. The van der Waals surface area contributed by atoms with E-state index in [-0.39, 0.29) is 0 Å². The third kappa shape index (κ3) is 7.77. The van der Waals surface area contributed by atoms with E-state index in [0.717, 1.165) is 15.9 Å². The van der Waals surface area contributed by atoms with E-state index in [4.69, 9.17) is 17.0 Å². The molecule has 208 valence electrons. The SMILES string of the molecule is CCCc1cc2c(-c3cc(C(C)C)cc(C(C)C)c3)c(C)ccc2[cH-]1.[Cl][Zr+2][Cl].[c-]1cccc2c1[Si]c1ccccc1-2. The molecule has 1 aliphatic heterocycles. The van der Waals surface area contributed by atoms with Crippen LogP contribution in [-0.2, 0) is 27.3 Å². The minimum absolute atomic E-state index is 0.548. The molecule has 0 saturated carbocycles. The number of fused-ring (bicyclic) bond motifs is 4. The first-order valence-corrected chi connectivity index (χ1v) is 21.8. The Balaban J connectivity index is 0.000000200. The van der Waals surface area contributed by atoms with Crippen molar-refractivity contribution in [3.05, 3.63) is 113 Å². The zero-order valence-corrected chi connectivity index (χ0v) is 29.9. The van der Waals surface area contributed by atoms with Crippen molar-refractivity contribution in [1.82, 2.24) is 0 Å². The Morgan fingerprint density at radius 1 is 0.854 bits per heavy atom. The van der Waals surface area contributed by atoms with Gasteiger partial charge in [0.05, 0.1) is 9.52 Å². The van der Waals surface area contributed by atoms with Crippen LogP contribution >= 0.6 is 17.0 Å². The Kier molecular flexibility index (Phi) is 11.8. The van der Waals surface area contributed by atoms with Crippen LogP contribution in [0.3, 0.4) is 0 Å². The van der Waals surface area contributed by atoms with E-state index in [1.54, 1.807) is 0 Å². The maximum Gasteiger partial charge on any atom is 0.0920 e. The van der Waals surface area contributed by atoms with Crippen LogP contribution in [-0.4, -0.2) is 9.52 Å². The third-order valence-electron chi connectivity index (χ3n) is 7.63. The molecule has 0 nitrogen and oxygen atoms in total. The molecule has 1 aliphatic rings. The normalized spacial score (nSPS) is 11.4. The summed E-state index contributed by atoms with van der Waals surface area (Å²) in [7, 11) is 10.7. The molecule has 0 amide bonds. The third-order valence-corrected chi connectivity index (χ3v) is 9.00. The van der Waals surface area contributed by atoms with E-state index in [0.29, 0.717) is 11.8 Å². The average molecular weight is 673 g/mol. The molecule has 1 heterocycles. The monoisotopic (exact) mass is 670 g/mol. The van der Waals surface area contributed by atoms with Crippen LogP contribution in [0.25, 0.3) is 33.0 Å². The molecule has 0 bridgehead atoms. The molecule has 0 atom stereocenters. The summed E-state index contributed by atoms with van der Waals surface area (Å²) in [6, 6.07) is 34.7. The van der Waals surface area contributed by atoms with E-state index in [9.17, 15) is 0 Å². The van der Waals surface area contributed by atoms with Crippen molar-refractivity contribution < 1.29 is 20.8 Å². The summed E-state index contributed by atoms with van der Waals surface area (Å²) in [5, 5.41) is 5.62. The predicted octanol–water partition coefficient (Wildman–Crippen LogP) is 10.2. The van der Waals surface area contributed by atoms with Crippen LogP contribution in [0.1, 0.15) is 75.1 Å². The number of halogens is 2. The summed E-state index contributed by atoms with van der Waals surface area (Å²) in [5.74, 6) is 1.10. The molecule has 0 fully saturated rings. The van der Waals surface area contributed by atoms with Gasteiger partial charge in [-0.15, -0.1) is 40.1 Å². The van der Waals surface area contributed by atoms with Gasteiger partial charge in [-0.25, -0.2) is 0 Å². The Morgan fingerprint density at radius 2 is 1.51 bits per heavy atom. The maximum absolute atomic E-state index is 4.93. The largest absolute Gasteiger partial charge is 0.184 e. The van der Waals surface area contributed by atoms with Crippen LogP contribution in [0, 0.1) is 13.0 Å². The van der Waals surface area contributed by atoms with Gasteiger partial charge in [0.2, 0.25) is 0 Å². The minimum atomic E-state index is -0.826. The van der Waals surface area contributed by atoms with Gasteiger partial charge in [-0.2, -0.15) is 35.5 Å². The molecule has 0 aliphatic carbocycles. The molecule has 6 rings (SSSR count). The Bertz CT molecular complexity index is 1530. The fourth-order valence-electron chi connectivity index (χ4n) is 5.48. The van der Waals surface area contributed by atoms with E-state index >= 15 is 0 Å². The zero-order valence-electron chi connectivity index (χ0n) is 24.9. The van der Waals surface area contributed by atoms with Crippen molar-refractivity contribution in [2.75, 3.05) is 0 Å². The molecule has 5 aromatic rings. The van der Waals surface area contributed by atoms with E-state index in [1.807, 2.05) is 6.07 Å². The molecule has 2 radical (unpaired) electrons. The van der Waals surface area contributed by atoms with Gasteiger partial charge in [0, 0.05) is 0 Å². The van der Waals surface area contributed by atoms with Crippen LogP contribution < -0.4 is 10.4 Å². The molecular formula is C37H38Cl2SiZr. The second-order valence-electron chi connectivity index (χ2n) is 11.3. The van der Waals surface area contributed by atoms with Crippen LogP contribution in [0.5, 0.6) is 0 Å². The van der Waals surface area contributed by atoms with Crippen molar-refractivity contribution in [2.45, 2.75) is 66.2 Å². The van der Waals surface area contributed by atoms with Crippen LogP contribution in [0.4, 0.5) is 0 Å². The number of hydrogen-bond donors (Lipinski definition) is 0. The summed E-state index contributed by atoms with van der Waals surface area (Å²) in [5.41, 5.74) is 11.3. The first kappa shape index (κ1) is 32.1. The van der Waals surface area contributed by atoms with Crippen molar-refractivity contribution in [3.8, 4) is 22.3 Å². The van der Waals surface area contributed by atoms with Crippen LogP contribution in [0.2, 0.25) is 0 Å². The van der Waals surface area contributed by atoms with Gasteiger partial charge in [-0.3, -0.25) is 0 Å². The van der Waals surface area contributed by atoms with E-state index in [2.05, 4.69) is 126 Å². The standard InChI is InChI=1S/C25H31.C12H7Si.2ClH.Zr/c1-7-8-19-11-20-10-9-18(6)25(24(20)12-19)23-14-21(16(2)3)13-22(15-23)17(4)5;1-3-7-11-9(5-1)10-6-2-4-8-12(10)13-11;;;/h9-17H,7-8H2,1-6H3;1-7H;2*1H;/q2*-1;;;+4/p-2. The van der Waals surface area contributed by atoms with Crippen LogP contribution in [0.15, 0.2) is 84.9 Å². The second-order valence-corrected chi connectivity index (χ2v) is 16.3. The summed E-state index contributed by atoms with van der Waals surface area (Å²) < 4.78 is 0. The molecule has 4 heteroatoms. The molecule has 5 aromatic carbocycles. The average Bonchev–Trinajstić information content (AvgIpc) is 3.54. The first-order valence-electron chi connectivity index (χ1n) is 14.4. The molecular weight excluding hydrogens is 635 g/mol. The van der Waals surface area contributed by atoms with Gasteiger partial charge in [0.1, 0.15) is 0 Å². The van der Waals surface area contributed by atoms with Gasteiger partial charge in [-0.05, 0) is 41.9 Å². The summed E-state index contributed by atoms with van der Waals surface area (Å²) in [6.45, 7) is 13.7. The fraction of sp³-hybridized carbons (Fsp3) is 0.270. The Morgan fingerprint density at radius 3 is 2.17 bits per heavy atom. The smallest absolute Gasteiger partial charge is 0.0920 e. The summed E-state index contributed by atoms with van der Waals surface area (Å²) in [6.07, 6.45) is 2.36. The molecule has 0 unspecified atom stereocenters. The first-order chi connectivity index (χ1) is 19.8. The minimum Gasteiger partial charge on any atom is -0.184 e. The van der Waals surface area contributed by atoms with Gasteiger partial charge < -0.3 is 0 Å². The summed E-state index contributed by atoms with van der Waals surface area (Å²) in [4.78, 5) is 0. The van der Waals surface area contributed by atoms with E-state index < -0.39 is 20.8 Å². The fourth-order valence-corrected chi connectivity index (χ4v) is 6.79. The summed E-state index contributed by atoms with van der Waals surface area (Å²) >= 11 is -0.826. The van der Waals surface area contributed by atoms with Gasteiger partial charge >= 0.3 is 37.9 Å². The topological polar surface area (TPSA) is 0 Å². The maximum atomic E-state index is 4.93. The Labute approximate surface area is 268 Å². The molecule has 0 spiro atoms. The van der Waals surface area contributed by atoms with Crippen molar-refractivity contribution in [2.24, 2.45) is 0 Å². The predicted molar refractivity (Wildman–Crippen MR) is 179 cm³/mol. The van der Waals surface area contributed by atoms with Crippen molar-refractivity contribution in [3.63, 3.8) is 0 Å². The quantitative estimate of drug-likeness (QED) is 0.126. The van der Waals surface area contributed by atoms with Gasteiger partial charge in [0.15, 0.2) is 0 Å². The second kappa shape index (κ2) is 15.1. The van der Waals surface area contributed by atoms with Crippen molar-refractivity contribution >= 4 is 47.7 Å². The molecule has 41 heavy (non-hydrogen) atoms. The van der Waals surface area contributed by atoms with Gasteiger partial charge in [0.25, 0.3) is 0 Å². The molecule has 0 saturated heterocycles. The number of rotatable bonds is 5. The molecule has 0 aromatic heterocycles. The van der Waals surface area contributed by atoms with Crippen molar-refractivity contribution in [1.29, 1.82) is 0 Å². The number of aryl methyl sites for hydroxylation is 2.